The molecule has 0 bridgehead atoms. The second-order valence-corrected chi connectivity index (χ2v) is 11.2. The van der Waals surface area contributed by atoms with Crippen LogP contribution in [0.1, 0.15) is 62.3 Å². The fourth-order valence-corrected chi connectivity index (χ4v) is 3.59. The van der Waals surface area contributed by atoms with Gasteiger partial charge in [-0.1, -0.05) is 23.2 Å². The maximum atomic E-state index is 12.0. The van der Waals surface area contributed by atoms with Crippen molar-refractivity contribution in [3.05, 3.63) is 54.4 Å². The van der Waals surface area contributed by atoms with Crippen LogP contribution in [0.15, 0.2) is 33.2 Å². The van der Waals surface area contributed by atoms with Crippen molar-refractivity contribution in [2.24, 2.45) is 0 Å². The number of carbonyl (C=O) groups excluding carboxylic acids is 2. The SMILES string of the molecule is CC(C)(C)OC(=O)c1c(Cl)ccc(Br)c1O.COc1c(Br)ccc(Cl)c1C(=O)OC(C)(C)C. The van der Waals surface area contributed by atoms with Gasteiger partial charge in [0.15, 0.2) is 0 Å². The molecule has 33 heavy (non-hydrogen) atoms. The summed E-state index contributed by atoms with van der Waals surface area (Å²) in [6.07, 6.45) is 0. The van der Waals surface area contributed by atoms with Crippen LogP contribution in [0.25, 0.3) is 0 Å². The minimum Gasteiger partial charge on any atom is -0.506 e. The standard InChI is InChI=1S/C12H14BrClO3.C11H12BrClO3/c1-12(2,3)17-11(15)9-8(14)6-5-7(13)10(9)16-4;1-11(2,3)16-10(15)8-7(13)5-4-6(12)9(8)14/h5-6H,1-4H3;4-5,14H,1-3H3. The van der Waals surface area contributed by atoms with Crippen LogP contribution in [-0.4, -0.2) is 35.4 Å². The molecule has 182 valence electrons. The van der Waals surface area contributed by atoms with Gasteiger partial charge < -0.3 is 19.3 Å². The van der Waals surface area contributed by atoms with Gasteiger partial charge in [-0.25, -0.2) is 9.59 Å². The monoisotopic (exact) mass is 626 g/mol. The molecule has 0 amide bonds. The normalized spacial score (nSPS) is 11.2. The van der Waals surface area contributed by atoms with Crippen molar-refractivity contribution in [2.45, 2.75) is 52.7 Å². The van der Waals surface area contributed by atoms with Crippen LogP contribution in [0.4, 0.5) is 0 Å². The van der Waals surface area contributed by atoms with Crippen molar-refractivity contribution < 1.29 is 28.9 Å². The molecule has 1 N–H and O–H groups in total. The van der Waals surface area contributed by atoms with Gasteiger partial charge in [-0.2, -0.15) is 0 Å². The number of carbonyl (C=O) groups is 2. The van der Waals surface area contributed by atoms with Crippen molar-refractivity contribution in [3.8, 4) is 11.5 Å². The second kappa shape index (κ2) is 11.8. The van der Waals surface area contributed by atoms with Gasteiger partial charge >= 0.3 is 11.9 Å². The summed E-state index contributed by atoms with van der Waals surface area (Å²) in [5.74, 6) is -0.967. The fourth-order valence-electron chi connectivity index (χ4n) is 2.32. The van der Waals surface area contributed by atoms with Gasteiger partial charge in [-0.15, -0.1) is 0 Å². The molecule has 0 radical (unpaired) electrons. The molecule has 0 saturated carbocycles. The maximum absolute atomic E-state index is 12.0. The highest BCUT2D eigenvalue weighted by Crippen LogP contribution is 2.36. The highest BCUT2D eigenvalue weighted by molar-refractivity contribution is 9.10. The van der Waals surface area contributed by atoms with E-state index in [2.05, 4.69) is 31.9 Å². The van der Waals surface area contributed by atoms with Gasteiger partial charge in [0, 0.05) is 0 Å². The van der Waals surface area contributed by atoms with Crippen LogP contribution in [0.3, 0.4) is 0 Å². The highest BCUT2D eigenvalue weighted by Gasteiger charge is 2.25. The fraction of sp³-hybridized carbons (Fsp3) is 0.391. The summed E-state index contributed by atoms with van der Waals surface area (Å²) in [5, 5.41) is 10.2. The Labute approximate surface area is 220 Å². The van der Waals surface area contributed by atoms with Crippen molar-refractivity contribution in [1.29, 1.82) is 0 Å². The topological polar surface area (TPSA) is 82.1 Å². The van der Waals surface area contributed by atoms with Gasteiger partial charge in [-0.3, -0.25) is 0 Å². The smallest absolute Gasteiger partial charge is 0.344 e. The van der Waals surface area contributed by atoms with E-state index in [0.29, 0.717) is 19.7 Å². The van der Waals surface area contributed by atoms with E-state index in [1.54, 1.807) is 59.7 Å². The van der Waals surface area contributed by atoms with E-state index in [-0.39, 0.29) is 21.9 Å². The number of ether oxygens (including phenoxy) is 3. The Morgan fingerprint density at radius 3 is 1.61 bits per heavy atom. The predicted octanol–water partition coefficient (Wildman–Crippen LogP) is 7.83. The number of hydrogen-bond acceptors (Lipinski definition) is 6. The molecule has 6 nitrogen and oxygen atoms in total. The van der Waals surface area contributed by atoms with Gasteiger partial charge in [0.1, 0.15) is 33.8 Å². The number of rotatable bonds is 3. The summed E-state index contributed by atoms with van der Waals surface area (Å²) < 4.78 is 16.6. The summed E-state index contributed by atoms with van der Waals surface area (Å²) in [6.45, 7) is 10.6. The van der Waals surface area contributed by atoms with E-state index >= 15 is 0 Å². The van der Waals surface area contributed by atoms with Gasteiger partial charge in [0.2, 0.25) is 0 Å². The van der Waals surface area contributed by atoms with E-state index < -0.39 is 23.1 Å². The Morgan fingerprint density at radius 2 is 1.18 bits per heavy atom. The largest absolute Gasteiger partial charge is 0.506 e. The zero-order valence-corrected chi connectivity index (χ0v) is 24.0. The Kier molecular flexibility index (Phi) is 10.5. The molecule has 0 aliphatic rings. The van der Waals surface area contributed by atoms with E-state index in [9.17, 15) is 14.7 Å². The second-order valence-electron chi connectivity index (χ2n) is 8.69. The molecule has 0 fully saturated rings. The summed E-state index contributed by atoms with van der Waals surface area (Å²) in [4.78, 5) is 23.8. The third-order valence-corrected chi connectivity index (χ3v) is 5.44. The number of benzene rings is 2. The lowest BCUT2D eigenvalue weighted by Crippen LogP contribution is -2.24. The number of hydrogen-bond donors (Lipinski definition) is 1. The first-order chi connectivity index (χ1) is 15.0. The van der Waals surface area contributed by atoms with Crippen LogP contribution >= 0.6 is 55.1 Å². The Balaban J connectivity index is 0.000000331. The van der Waals surface area contributed by atoms with Gasteiger partial charge in [0.05, 0.1) is 26.1 Å². The number of aromatic hydroxyl groups is 1. The first kappa shape index (κ1) is 29.6. The zero-order valence-electron chi connectivity index (χ0n) is 19.3. The molecule has 10 heteroatoms. The molecule has 0 unspecified atom stereocenters. The zero-order chi connectivity index (χ0) is 25.7. The Hall–Kier alpha value is -1.48. The number of halogens is 4. The first-order valence-electron chi connectivity index (χ1n) is 9.64. The molecular weight excluding hydrogens is 603 g/mol. The van der Waals surface area contributed by atoms with Crippen LogP contribution in [0.5, 0.6) is 11.5 Å². The molecule has 0 aliphatic heterocycles. The Bertz CT molecular complexity index is 1030. The molecule has 2 aromatic carbocycles. The van der Waals surface area contributed by atoms with E-state index in [1.165, 1.54) is 13.2 Å². The number of methoxy groups -OCH3 is 1. The quantitative estimate of drug-likeness (QED) is 0.349. The summed E-state index contributed by atoms with van der Waals surface area (Å²) >= 11 is 18.3. The summed E-state index contributed by atoms with van der Waals surface area (Å²) in [5.41, 5.74) is -0.993. The van der Waals surface area contributed by atoms with Crippen molar-refractivity contribution >= 4 is 67.0 Å². The predicted molar refractivity (Wildman–Crippen MR) is 137 cm³/mol. The van der Waals surface area contributed by atoms with Gasteiger partial charge in [0.25, 0.3) is 0 Å². The van der Waals surface area contributed by atoms with E-state index in [1.807, 2.05) is 0 Å². The summed E-state index contributed by atoms with van der Waals surface area (Å²) in [6, 6.07) is 6.42. The molecule has 2 aromatic rings. The van der Waals surface area contributed by atoms with Crippen LogP contribution in [0.2, 0.25) is 10.0 Å². The van der Waals surface area contributed by atoms with Crippen LogP contribution in [0, 0.1) is 0 Å². The van der Waals surface area contributed by atoms with Crippen molar-refractivity contribution in [3.63, 3.8) is 0 Å². The maximum Gasteiger partial charge on any atom is 0.344 e. The summed E-state index contributed by atoms with van der Waals surface area (Å²) in [7, 11) is 1.48. The average molecular weight is 629 g/mol. The Morgan fingerprint density at radius 1 is 0.788 bits per heavy atom. The molecule has 0 spiro atoms. The minimum absolute atomic E-state index is 0.0223. The number of esters is 2. The van der Waals surface area contributed by atoms with Crippen LogP contribution < -0.4 is 4.74 Å². The molecule has 0 heterocycles. The molecule has 0 aliphatic carbocycles. The first-order valence-corrected chi connectivity index (χ1v) is 12.0. The molecule has 0 atom stereocenters. The average Bonchev–Trinajstić information content (AvgIpc) is 2.64. The lowest BCUT2D eigenvalue weighted by molar-refractivity contribution is 0.00537. The van der Waals surface area contributed by atoms with Crippen molar-refractivity contribution in [2.75, 3.05) is 7.11 Å². The third-order valence-electron chi connectivity index (χ3n) is 3.55. The van der Waals surface area contributed by atoms with Gasteiger partial charge in [-0.05, 0) is 97.7 Å². The number of phenolic OH excluding ortho intramolecular Hbond substituents is 1. The number of phenols is 1. The molecule has 0 aromatic heterocycles. The highest BCUT2D eigenvalue weighted by atomic mass is 79.9. The van der Waals surface area contributed by atoms with E-state index in [4.69, 9.17) is 37.4 Å². The lowest BCUT2D eigenvalue weighted by atomic mass is 10.1. The molecule has 0 saturated heterocycles. The molecular formula is C23H26Br2Cl2O6. The molecule has 2 rings (SSSR count). The third kappa shape index (κ3) is 9.00. The van der Waals surface area contributed by atoms with E-state index in [0.717, 1.165) is 0 Å². The van der Waals surface area contributed by atoms with Crippen LogP contribution in [-0.2, 0) is 9.47 Å². The van der Waals surface area contributed by atoms with Crippen molar-refractivity contribution in [1.82, 2.24) is 0 Å². The minimum atomic E-state index is -0.642. The lowest BCUT2D eigenvalue weighted by Gasteiger charge is -2.21.